The first-order valence-corrected chi connectivity index (χ1v) is 10.6. The minimum atomic E-state index is 0.436. The normalized spacial score (nSPS) is 19.8. The quantitative estimate of drug-likeness (QED) is 0.563. The van der Waals surface area contributed by atoms with Crippen molar-refractivity contribution in [2.75, 3.05) is 19.4 Å². The first kappa shape index (κ1) is 19.0. The van der Waals surface area contributed by atoms with Crippen LogP contribution in [0.2, 0.25) is 0 Å². The van der Waals surface area contributed by atoms with Crippen LogP contribution in [0.25, 0.3) is 27.9 Å². The highest BCUT2D eigenvalue weighted by Crippen LogP contribution is 2.27. The average Bonchev–Trinajstić information content (AvgIpc) is 3.29. The fourth-order valence-electron chi connectivity index (χ4n) is 4.43. The highest BCUT2D eigenvalue weighted by atomic mass is 15.3. The van der Waals surface area contributed by atoms with E-state index in [0.717, 1.165) is 46.6 Å². The number of aryl methyl sites for hydroxylation is 2. The molecule has 8 heteroatoms. The van der Waals surface area contributed by atoms with Gasteiger partial charge in [0.05, 0.1) is 17.4 Å². The molecule has 156 valence electrons. The van der Waals surface area contributed by atoms with Crippen molar-refractivity contribution in [1.29, 1.82) is 0 Å². The molecule has 1 aliphatic rings. The summed E-state index contributed by atoms with van der Waals surface area (Å²) in [6, 6.07) is 7.21. The highest BCUT2D eigenvalue weighted by Gasteiger charge is 2.23. The number of nitrogens with zero attached hydrogens (tertiary/aromatic N) is 7. The summed E-state index contributed by atoms with van der Waals surface area (Å²) >= 11 is 0. The van der Waals surface area contributed by atoms with E-state index in [2.05, 4.69) is 34.3 Å². The number of imidazole rings is 1. The zero-order chi connectivity index (χ0) is 20.8. The highest BCUT2D eigenvalue weighted by molar-refractivity contribution is 5.82. The molecule has 5 rings (SSSR count). The van der Waals surface area contributed by atoms with Crippen LogP contribution < -0.4 is 5.32 Å². The average molecular weight is 405 g/mol. The van der Waals surface area contributed by atoms with Crippen LogP contribution in [-0.2, 0) is 7.05 Å². The van der Waals surface area contributed by atoms with E-state index in [1.807, 2.05) is 53.6 Å². The first-order chi connectivity index (χ1) is 14.5. The van der Waals surface area contributed by atoms with Crippen molar-refractivity contribution in [1.82, 2.24) is 34.0 Å². The monoisotopic (exact) mass is 404 g/mol. The maximum Gasteiger partial charge on any atom is 0.241 e. The van der Waals surface area contributed by atoms with Gasteiger partial charge in [-0.1, -0.05) is 0 Å². The minimum absolute atomic E-state index is 0.436. The van der Waals surface area contributed by atoms with Gasteiger partial charge >= 0.3 is 0 Å². The van der Waals surface area contributed by atoms with Crippen molar-refractivity contribution in [2.45, 2.75) is 44.7 Å². The molecule has 30 heavy (non-hydrogen) atoms. The van der Waals surface area contributed by atoms with Gasteiger partial charge < -0.3 is 14.8 Å². The Labute approximate surface area is 176 Å². The fraction of sp³-hybridized carbons (Fsp3) is 0.455. The molecule has 0 saturated heterocycles. The van der Waals surface area contributed by atoms with Crippen LogP contribution in [0, 0.1) is 6.92 Å². The van der Waals surface area contributed by atoms with Crippen LogP contribution in [0.4, 0.5) is 5.95 Å². The van der Waals surface area contributed by atoms with Gasteiger partial charge in [0.25, 0.3) is 0 Å². The topological polar surface area (TPSA) is 76.2 Å². The van der Waals surface area contributed by atoms with Crippen molar-refractivity contribution in [3.63, 3.8) is 0 Å². The molecular formula is C22H28N8. The Kier molecular flexibility index (Phi) is 4.66. The second-order valence-corrected chi connectivity index (χ2v) is 8.51. The lowest BCUT2D eigenvalue weighted by Gasteiger charge is -2.32. The van der Waals surface area contributed by atoms with E-state index in [1.165, 1.54) is 12.8 Å². The summed E-state index contributed by atoms with van der Waals surface area (Å²) in [4.78, 5) is 16.3. The maximum absolute atomic E-state index is 4.84. The molecule has 4 aromatic heterocycles. The lowest BCUT2D eigenvalue weighted by molar-refractivity contribution is 0.221. The van der Waals surface area contributed by atoms with E-state index < -0.39 is 0 Å². The number of nitrogens with one attached hydrogen (secondary N) is 1. The molecule has 0 bridgehead atoms. The number of hydrogen-bond donors (Lipinski definition) is 1. The summed E-state index contributed by atoms with van der Waals surface area (Å²) in [5.41, 5.74) is 4.67. The van der Waals surface area contributed by atoms with Crippen LogP contribution in [-0.4, -0.2) is 60.2 Å². The third-order valence-electron chi connectivity index (χ3n) is 6.39. The molecule has 0 aromatic carbocycles. The molecular weight excluding hydrogens is 376 g/mol. The van der Waals surface area contributed by atoms with E-state index in [1.54, 1.807) is 0 Å². The van der Waals surface area contributed by atoms with Crippen LogP contribution in [0.1, 0.15) is 31.5 Å². The van der Waals surface area contributed by atoms with Gasteiger partial charge in [0, 0.05) is 30.9 Å². The number of rotatable bonds is 4. The first-order valence-electron chi connectivity index (χ1n) is 10.6. The van der Waals surface area contributed by atoms with E-state index in [0.29, 0.717) is 18.0 Å². The number of pyridine rings is 1. The third-order valence-corrected chi connectivity index (χ3v) is 6.39. The molecule has 1 fully saturated rings. The summed E-state index contributed by atoms with van der Waals surface area (Å²) < 4.78 is 3.90. The van der Waals surface area contributed by atoms with Crippen molar-refractivity contribution in [3.8, 4) is 11.3 Å². The van der Waals surface area contributed by atoms with Gasteiger partial charge in [-0.3, -0.25) is 0 Å². The van der Waals surface area contributed by atoms with Gasteiger partial charge in [-0.25, -0.2) is 19.5 Å². The van der Waals surface area contributed by atoms with Gasteiger partial charge in [0.15, 0.2) is 5.65 Å². The molecule has 0 atom stereocenters. The second-order valence-electron chi connectivity index (χ2n) is 8.51. The summed E-state index contributed by atoms with van der Waals surface area (Å²) in [7, 11) is 6.33. The van der Waals surface area contributed by atoms with Crippen LogP contribution in [0.3, 0.4) is 0 Å². The number of aromatic nitrogens is 6. The van der Waals surface area contributed by atoms with Gasteiger partial charge in [0.1, 0.15) is 11.3 Å². The summed E-state index contributed by atoms with van der Waals surface area (Å²) in [5.74, 6) is 1.64. The predicted octanol–water partition coefficient (Wildman–Crippen LogP) is 3.27. The largest absolute Gasteiger partial charge is 0.350 e. The summed E-state index contributed by atoms with van der Waals surface area (Å²) in [5, 5.41) is 8.22. The molecule has 0 radical (unpaired) electrons. The van der Waals surface area contributed by atoms with Gasteiger partial charge in [-0.05, 0) is 64.9 Å². The van der Waals surface area contributed by atoms with Crippen molar-refractivity contribution in [2.24, 2.45) is 7.05 Å². The van der Waals surface area contributed by atoms with Crippen LogP contribution in [0.5, 0.6) is 0 Å². The van der Waals surface area contributed by atoms with E-state index in [4.69, 9.17) is 10.1 Å². The zero-order valence-electron chi connectivity index (χ0n) is 18.0. The molecule has 0 spiro atoms. The zero-order valence-corrected chi connectivity index (χ0v) is 18.0. The number of anilines is 1. The molecule has 4 aromatic rings. The van der Waals surface area contributed by atoms with Gasteiger partial charge in [-0.15, -0.1) is 5.10 Å². The Balaban J connectivity index is 1.39. The Bertz CT molecular complexity index is 1200. The van der Waals surface area contributed by atoms with E-state index in [-0.39, 0.29) is 0 Å². The van der Waals surface area contributed by atoms with Crippen molar-refractivity contribution in [3.05, 3.63) is 36.4 Å². The molecule has 8 nitrogen and oxygen atoms in total. The molecule has 4 heterocycles. The fourth-order valence-corrected chi connectivity index (χ4v) is 4.43. The van der Waals surface area contributed by atoms with E-state index >= 15 is 0 Å². The standard InChI is InChI=1S/C22H28N8/c1-14-24-19-10-9-18(26-21(19)29(14)4)17-11-12-30-20(17)13-23-22(27-30)25-15-5-7-16(8-6-15)28(2)3/h9-13,15-16H,5-8H2,1-4H3,(H,25,27)/t15-,16+. The van der Waals surface area contributed by atoms with Crippen LogP contribution >= 0.6 is 0 Å². The van der Waals surface area contributed by atoms with Crippen LogP contribution in [0.15, 0.2) is 30.6 Å². The Morgan fingerprint density at radius 2 is 1.87 bits per heavy atom. The SMILES string of the molecule is Cc1nc2ccc(-c3ccn4nc(N[C@H]5CC[C@@H](N(C)C)CC5)ncc34)nc2n1C. The molecule has 1 N–H and O–H groups in total. The summed E-state index contributed by atoms with van der Waals surface area (Å²) in [6.07, 6.45) is 8.58. The second kappa shape index (κ2) is 7.36. The molecule has 1 aliphatic carbocycles. The van der Waals surface area contributed by atoms with Gasteiger partial charge in [0.2, 0.25) is 5.95 Å². The Morgan fingerprint density at radius 3 is 2.63 bits per heavy atom. The lowest BCUT2D eigenvalue weighted by atomic mass is 9.91. The Hall–Kier alpha value is -3.00. The number of fused-ring (bicyclic) bond motifs is 2. The Morgan fingerprint density at radius 1 is 1.07 bits per heavy atom. The predicted molar refractivity (Wildman–Crippen MR) is 119 cm³/mol. The molecule has 1 saturated carbocycles. The third kappa shape index (κ3) is 3.31. The van der Waals surface area contributed by atoms with Crippen molar-refractivity contribution < 1.29 is 0 Å². The summed E-state index contributed by atoms with van der Waals surface area (Å²) in [6.45, 7) is 1.99. The number of hydrogen-bond acceptors (Lipinski definition) is 6. The van der Waals surface area contributed by atoms with Crippen molar-refractivity contribution >= 4 is 22.6 Å². The van der Waals surface area contributed by atoms with Gasteiger partial charge in [-0.2, -0.15) is 0 Å². The smallest absolute Gasteiger partial charge is 0.241 e. The minimum Gasteiger partial charge on any atom is -0.350 e. The maximum atomic E-state index is 4.84. The van der Waals surface area contributed by atoms with E-state index in [9.17, 15) is 0 Å². The molecule has 0 amide bonds. The molecule has 0 aliphatic heterocycles. The lowest BCUT2D eigenvalue weighted by Crippen LogP contribution is -2.36. The molecule has 0 unspecified atom stereocenters.